The summed E-state index contributed by atoms with van der Waals surface area (Å²) in [6, 6.07) is 18.0. The zero-order chi connectivity index (χ0) is 20.4. The lowest BCUT2D eigenvalue weighted by molar-refractivity contribution is 0.0951. The lowest BCUT2D eigenvalue weighted by Crippen LogP contribution is -2.38. The lowest BCUT2D eigenvalue weighted by atomic mass is 10.1. The fraction of sp³-hybridized carbons (Fsp3) is 0.364. The van der Waals surface area contributed by atoms with Crippen LogP contribution in [0.15, 0.2) is 59.6 Å². The fourth-order valence-electron chi connectivity index (χ4n) is 2.82. The van der Waals surface area contributed by atoms with Crippen LogP contribution in [0.3, 0.4) is 0 Å². The van der Waals surface area contributed by atoms with Gasteiger partial charge in [0.1, 0.15) is 0 Å². The number of hydrogen-bond donors (Lipinski definition) is 2. The molecule has 2 N–H and O–H groups in total. The first-order chi connectivity index (χ1) is 13.5. The van der Waals surface area contributed by atoms with Crippen LogP contribution in [-0.2, 0) is 13.1 Å². The maximum atomic E-state index is 12.3. The van der Waals surface area contributed by atoms with Gasteiger partial charge in [-0.05, 0) is 37.4 Å². The van der Waals surface area contributed by atoms with Crippen LogP contribution in [-0.4, -0.2) is 62.9 Å². The number of benzene rings is 2. The predicted molar refractivity (Wildman–Crippen MR) is 115 cm³/mol. The Morgan fingerprint density at radius 2 is 1.68 bits per heavy atom. The van der Waals surface area contributed by atoms with Crippen LogP contribution in [0.1, 0.15) is 21.5 Å². The van der Waals surface area contributed by atoms with Crippen LogP contribution in [0.4, 0.5) is 0 Å². The van der Waals surface area contributed by atoms with Crippen LogP contribution >= 0.6 is 0 Å². The van der Waals surface area contributed by atoms with Gasteiger partial charge < -0.3 is 20.4 Å². The van der Waals surface area contributed by atoms with Gasteiger partial charge in [0.2, 0.25) is 0 Å². The number of amides is 1. The molecule has 0 unspecified atom stereocenters. The summed E-state index contributed by atoms with van der Waals surface area (Å²) in [5, 5.41) is 6.31. The van der Waals surface area contributed by atoms with Gasteiger partial charge >= 0.3 is 0 Å². The third kappa shape index (κ3) is 7.04. The Hall–Kier alpha value is -2.86. The Bertz CT molecular complexity index is 774. The largest absolute Gasteiger partial charge is 0.352 e. The molecule has 0 radical (unpaired) electrons. The molecule has 0 saturated carbocycles. The van der Waals surface area contributed by atoms with Gasteiger partial charge in [0.25, 0.3) is 5.91 Å². The number of carbonyl (C=O) groups is 1. The van der Waals surface area contributed by atoms with Crippen molar-refractivity contribution < 1.29 is 4.79 Å². The van der Waals surface area contributed by atoms with Crippen LogP contribution in [0, 0.1) is 0 Å². The molecular formula is C22H31N5O. The van der Waals surface area contributed by atoms with E-state index in [1.807, 2.05) is 68.5 Å². The minimum atomic E-state index is -0.0470. The first-order valence-electron chi connectivity index (χ1n) is 9.47. The Morgan fingerprint density at radius 3 is 2.36 bits per heavy atom. The maximum Gasteiger partial charge on any atom is 0.251 e. The van der Waals surface area contributed by atoms with Gasteiger partial charge in [0, 0.05) is 45.8 Å². The Kier molecular flexibility index (Phi) is 8.49. The van der Waals surface area contributed by atoms with E-state index in [1.54, 1.807) is 7.05 Å². The van der Waals surface area contributed by atoms with Gasteiger partial charge in [-0.25, -0.2) is 0 Å². The number of carbonyl (C=O) groups excluding carboxylic acids is 1. The molecule has 0 aliphatic carbocycles. The molecule has 2 aromatic carbocycles. The number of guanidine groups is 1. The molecule has 28 heavy (non-hydrogen) atoms. The van der Waals surface area contributed by atoms with Crippen molar-refractivity contribution in [2.75, 3.05) is 41.3 Å². The minimum Gasteiger partial charge on any atom is -0.352 e. The second kappa shape index (κ2) is 11.1. The van der Waals surface area contributed by atoms with Gasteiger partial charge in [0.15, 0.2) is 5.96 Å². The van der Waals surface area contributed by atoms with Gasteiger partial charge in [-0.2, -0.15) is 0 Å². The Morgan fingerprint density at radius 1 is 0.964 bits per heavy atom. The molecule has 150 valence electrons. The monoisotopic (exact) mass is 381 g/mol. The highest BCUT2D eigenvalue weighted by Gasteiger charge is 2.09. The Balaban J connectivity index is 1.91. The molecule has 0 atom stereocenters. The van der Waals surface area contributed by atoms with Gasteiger partial charge in [-0.1, -0.05) is 42.5 Å². The zero-order valence-corrected chi connectivity index (χ0v) is 17.3. The normalized spacial score (nSPS) is 11.4. The molecule has 0 aliphatic rings. The summed E-state index contributed by atoms with van der Waals surface area (Å²) in [5.74, 6) is 0.763. The van der Waals surface area contributed by atoms with Gasteiger partial charge in [0.05, 0.1) is 0 Å². The minimum absolute atomic E-state index is 0.0470. The van der Waals surface area contributed by atoms with E-state index in [9.17, 15) is 4.79 Å². The van der Waals surface area contributed by atoms with Crippen LogP contribution in [0.25, 0.3) is 0 Å². The first-order valence-corrected chi connectivity index (χ1v) is 9.47. The van der Waals surface area contributed by atoms with Crippen LogP contribution in [0.2, 0.25) is 0 Å². The average Bonchev–Trinajstić information content (AvgIpc) is 2.69. The molecule has 6 heteroatoms. The van der Waals surface area contributed by atoms with Crippen molar-refractivity contribution in [2.24, 2.45) is 4.99 Å². The van der Waals surface area contributed by atoms with Crippen molar-refractivity contribution >= 4 is 11.9 Å². The maximum absolute atomic E-state index is 12.3. The molecule has 0 fully saturated rings. The van der Waals surface area contributed by atoms with Crippen molar-refractivity contribution in [3.05, 3.63) is 71.3 Å². The summed E-state index contributed by atoms with van der Waals surface area (Å²) in [6.45, 7) is 2.82. The summed E-state index contributed by atoms with van der Waals surface area (Å²) < 4.78 is 0. The molecule has 0 heterocycles. The van der Waals surface area contributed by atoms with Crippen LogP contribution < -0.4 is 10.6 Å². The summed E-state index contributed by atoms with van der Waals surface area (Å²) in [5.41, 5.74) is 2.93. The second-order valence-corrected chi connectivity index (χ2v) is 7.00. The van der Waals surface area contributed by atoms with E-state index in [4.69, 9.17) is 0 Å². The summed E-state index contributed by atoms with van der Waals surface area (Å²) in [6.07, 6.45) is 0. The number of nitrogens with one attached hydrogen (secondary N) is 2. The quantitative estimate of drug-likeness (QED) is 0.544. The first kappa shape index (κ1) is 21.4. The highest BCUT2D eigenvalue weighted by Crippen LogP contribution is 2.07. The molecule has 0 spiro atoms. The molecule has 0 aliphatic heterocycles. The molecule has 1 amide bonds. The third-order valence-corrected chi connectivity index (χ3v) is 4.32. The number of rotatable bonds is 8. The van der Waals surface area contributed by atoms with E-state index < -0.39 is 0 Å². The molecule has 6 nitrogen and oxygen atoms in total. The van der Waals surface area contributed by atoms with Gasteiger partial charge in [-0.3, -0.25) is 9.79 Å². The molecule has 2 aromatic rings. The van der Waals surface area contributed by atoms with Gasteiger partial charge in [-0.15, -0.1) is 0 Å². The predicted octanol–water partition coefficient (Wildman–Crippen LogP) is 2.19. The summed E-state index contributed by atoms with van der Waals surface area (Å²) >= 11 is 0. The second-order valence-electron chi connectivity index (χ2n) is 7.00. The summed E-state index contributed by atoms with van der Waals surface area (Å²) in [7, 11) is 7.76. The average molecular weight is 382 g/mol. The molecular weight excluding hydrogens is 350 g/mol. The SMILES string of the molecule is CN=C(NCc1cccc(C(=O)NCCN(C)C)c1)N(C)Cc1ccccc1. The van der Waals surface area contributed by atoms with Crippen molar-refractivity contribution in [2.45, 2.75) is 13.1 Å². The van der Waals surface area contributed by atoms with E-state index in [2.05, 4.69) is 32.7 Å². The van der Waals surface area contributed by atoms with Crippen molar-refractivity contribution in [3.63, 3.8) is 0 Å². The Labute approximate surface area is 168 Å². The van der Waals surface area contributed by atoms with E-state index in [-0.39, 0.29) is 5.91 Å². The molecule has 0 aromatic heterocycles. The molecule has 0 bridgehead atoms. The van der Waals surface area contributed by atoms with E-state index >= 15 is 0 Å². The van der Waals surface area contributed by atoms with E-state index in [0.717, 1.165) is 24.6 Å². The lowest BCUT2D eigenvalue weighted by Gasteiger charge is -2.22. The molecule has 0 saturated heterocycles. The standard InChI is InChI=1S/C22H31N5O/c1-23-22(27(4)17-18-9-6-5-7-10-18)25-16-19-11-8-12-20(15-19)21(28)24-13-14-26(2)3/h5-12,15H,13-14,16-17H2,1-4H3,(H,23,25)(H,24,28). The van der Waals surface area contributed by atoms with E-state index in [1.165, 1.54) is 5.56 Å². The van der Waals surface area contributed by atoms with Crippen molar-refractivity contribution in [1.29, 1.82) is 0 Å². The molecule has 2 rings (SSSR count). The topological polar surface area (TPSA) is 60.0 Å². The third-order valence-electron chi connectivity index (χ3n) is 4.32. The van der Waals surface area contributed by atoms with E-state index in [0.29, 0.717) is 18.7 Å². The van der Waals surface area contributed by atoms with Crippen LogP contribution in [0.5, 0.6) is 0 Å². The summed E-state index contributed by atoms with van der Waals surface area (Å²) in [4.78, 5) is 20.8. The smallest absolute Gasteiger partial charge is 0.251 e. The zero-order valence-electron chi connectivity index (χ0n) is 17.3. The van der Waals surface area contributed by atoms with Crippen molar-refractivity contribution in [3.8, 4) is 0 Å². The highest BCUT2D eigenvalue weighted by molar-refractivity contribution is 5.94. The number of nitrogens with zero attached hydrogens (tertiary/aromatic N) is 3. The fourth-order valence-corrected chi connectivity index (χ4v) is 2.82. The van der Waals surface area contributed by atoms with Crippen molar-refractivity contribution in [1.82, 2.24) is 20.4 Å². The number of hydrogen-bond acceptors (Lipinski definition) is 3. The highest BCUT2D eigenvalue weighted by atomic mass is 16.1. The number of likely N-dealkylation sites (N-methyl/N-ethyl adjacent to an activating group) is 1. The number of aliphatic imine (C=N–C) groups is 1.